The Kier molecular flexibility index (Phi) is 5.18. The van der Waals surface area contributed by atoms with E-state index in [1.165, 1.54) is 0 Å². The van der Waals surface area contributed by atoms with Gasteiger partial charge in [0.25, 0.3) is 5.91 Å². The van der Waals surface area contributed by atoms with E-state index in [2.05, 4.69) is 11.4 Å². The van der Waals surface area contributed by atoms with Crippen LogP contribution in [0, 0.1) is 5.92 Å². The molecule has 0 radical (unpaired) electrons. The van der Waals surface area contributed by atoms with Crippen molar-refractivity contribution in [3.05, 3.63) is 41.4 Å². The standard InChI is InChI=1S/C15H16ClNO3/c16-12-7-4-8-13(9-12)17-14(18)10-20-15(19)11-5-2-1-3-6-11/h1-2,4,7-9,11H,3,5-6,10H2,(H,17,18)/t11-/m1/s1. The molecule has 1 aliphatic carbocycles. The second kappa shape index (κ2) is 7.10. The fourth-order valence-electron chi connectivity index (χ4n) is 2.03. The molecule has 2 rings (SSSR count). The SMILES string of the molecule is O=C(COC(=O)[C@@H]1CC=CCC1)Nc1cccc(Cl)c1. The molecular weight excluding hydrogens is 278 g/mol. The lowest BCUT2D eigenvalue weighted by atomic mass is 9.95. The Morgan fingerprint density at radius 3 is 2.90 bits per heavy atom. The number of carbonyl (C=O) groups excluding carboxylic acids is 2. The number of benzene rings is 1. The van der Waals surface area contributed by atoms with Gasteiger partial charge in [-0.15, -0.1) is 0 Å². The number of anilines is 1. The molecule has 1 aromatic carbocycles. The van der Waals surface area contributed by atoms with Gasteiger partial charge in [-0.1, -0.05) is 29.8 Å². The third-order valence-corrected chi connectivity index (χ3v) is 3.29. The third kappa shape index (κ3) is 4.38. The van der Waals surface area contributed by atoms with E-state index in [4.69, 9.17) is 16.3 Å². The number of amides is 1. The van der Waals surface area contributed by atoms with Gasteiger partial charge in [-0.25, -0.2) is 0 Å². The van der Waals surface area contributed by atoms with Crippen molar-refractivity contribution in [3.63, 3.8) is 0 Å². The van der Waals surface area contributed by atoms with Crippen LogP contribution in [0.5, 0.6) is 0 Å². The van der Waals surface area contributed by atoms with Gasteiger partial charge in [0.15, 0.2) is 6.61 Å². The highest BCUT2D eigenvalue weighted by Gasteiger charge is 2.20. The Morgan fingerprint density at radius 2 is 2.20 bits per heavy atom. The van der Waals surface area contributed by atoms with Crippen molar-refractivity contribution in [2.45, 2.75) is 19.3 Å². The summed E-state index contributed by atoms with van der Waals surface area (Å²) < 4.78 is 5.03. The van der Waals surface area contributed by atoms with Crippen LogP contribution < -0.4 is 5.32 Å². The minimum Gasteiger partial charge on any atom is -0.455 e. The van der Waals surface area contributed by atoms with Gasteiger partial charge in [-0.3, -0.25) is 9.59 Å². The van der Waals surface area contributed by atoms with Crippen LogP contribution in [-0.4, -0.2) is 18.5 Å². The molecule has 5 heteroatoms. The topological polar surface area (TPSA) is 55.4 Å². The summed E-state index contributed by atoms with van der Waals surface area (Å²) in [6.07, 6.45) is 6.38. The highest BCUT2D eigenvalue weighted by atomic mass is 35.5. The molecule has 0 unspecified atom stereocenters. The van der Waals surface area contributed by atoms with E-state index in [0.29, 0.717) is 17.1 Å². The van der Waals surface area contributed by atoms with E-state index in [1.54, 1.807) is 24.3 Å². The summed E-state index contributed by atoms with van der Waals surface area (Å²) in [6.45, 7) is -0.272. The summed E-state index contributed by atoms with van der Waals surface area (Å²) >= 11 is 5.81. The Morgan fingerprint density at radius 1 is 1.35 bits per heavy atom. The van der Waals surface area contributed by atoms with Crippen molar-refractivity contribution in [3.8, 4) is 0 Å². The second-order valence-electron chi connectivity index (χ2n) is 4.65. The maximum atomic E-state index is 11.8. The summed E-state index contributed by atoms with van der Waals surface area (Å²) in [5.74, 6) is -0.804. The fourth-order valence-corrected chi connectivity index (χ4v) is 2.22. The molecule has 0 heterocycles. The van der Waals surface area contributed by atoms with Gasteiger partial charge in [0.2, 0.25) is 0 Å². The highest BCUT2D eigenvalue weighted by Crippen LogP contribution is 2.19. The van der Waals surface area contributed by atoms with Crippen molar-refractivity contribution >= 4 is 29.2 Å². The van der Waals surface area contributed by atoms with Gasteiger partial charge in [0, 0.05) is 10.7 Å². The largest absolute Gasteiger partial charge is 0.455 e. The molecule has 0 aliphatic heterocycles. The zero-order valence-corrected chi connectivity index (χ0v) is 11.7. The molecule has 1 atom stereocenters. The van der Waals surface area contributed by atoms with Gasteiger partial charge < -0.3 is 10.1 Å². The molecule has 0 spiro atoms. The quantitative estimate of drug-likeness (QED) is 0.685. The number of ether oxygens (including phenoxy) is 1. The highest BCUT2D eigenvalue weighted by molar-refractivity contribution is 6.30. The van der Waals surface area contributed by atoms with Crippen molar-refractivity contribution in [2.75, 3.05) is 11.9 Å². The smallest absolute Gasteiger partial charge is 0.309 e. The maximum absolute atomic E-state index is 11.8. The number of allylic oxidation sites excluding steroid dienone is 2. The van der Waals surface area contributed by atoms with Crippen LogP contribution in [0.2, 0.25) is 5.02 Å². The van der Waals surface area contributed by atoms with E-state index in [1.807, 2.05) is 6.08 Å². The molecular formula is C15H16ClNO3. The van der Waals surface area contributed by atoms with E-state index in [0.717, 1.165) is 12.8 Å². The molecule has 0 bridgehead atoms. The zero-order valence-electron chi connectivity index (χ0n) is 11.0. The lowest BCUT2D eigenvalue weighted by Crippen LogP contribution is -2.25. The molecule has 0 aromatic heterocycles. The number of hydrogen-bond acceptors (Lipinski definition) is 3. The Balaban J connectivity index is 1.77. The van der Waals surface area contributed by atoms with Crippen LogP contribution >= 0.6 is 11.6 Å². The van der Waals surface area contributed by atoms with E-state index in [9.17, 15) is 9.59 Å². The first-order valence-electron chi connectivity index (χ1n) is 6.52. The van der Waals surface area contributed by atoms with Crippen molar-refractivity contribution < 1.29 is 14.3 Å². The summed E-state index contributed by atoms with van der Waals surface area (Å²) in [5.41, 5.74) is 0.583. The molecule has 106 valence electrons. The number of esters is 1. The number of rotatable bonds is 4. The number of carbonyl (C=O) groups is 2. The van der Waals surface area contributed by atoms with E-state index < -0.39 is 0 Å². The van der Waals surface area contributed by atoms with Gasteiger partial charge in [0.1, 0.15) is 0 Å². The molecule has 1 aliphatic rings. The van der Waals surface area contributed by atoms with Gasteiger partial charge >= 0.3 is 5.97 Å². The summed E-state index contributed by atoms with van der Waals surface area (Å²) in [7, 11) is 0. The van der Waals surface area contributed by atoms with Crippen molar-refractivity contribution in [1.29, 1.82) is 0 Å². The van der Waals surface area contributed by atoms with Crippen LogP contribution in [0.15, 0.2) is 36.4 Å². The predicted molar refractivity (Wildman–Crippen MR) is 77.5 cm³/mol. The monoisotopic (exact) mass is 293 g/mol. The van der Waals surface area contributed by atoms with Crippen LogP contribution in [0.4, 0.5) is 5.69 Å². The first-order valence-corrected chi connectivity index (χ1v) is 6.90. The minimum atomic E-state index is -0.369. The van der Waals surface area contributed by atoms with Gasteiger partial charge in [0.05, 0.1) is 5.92 Å². The van der Waals surface area contributed by atoms with Crippen LogP contribution in [0.3, 0.4) is 0 Å². The second-order valence-corrected chi connectivity index (χ2v) is 5.08. The molecule has 0 fully saturated rings. The van der Waals surface area contributed by atoms with E-state index in [-0.39, 0.29) is 24.4 Å². The Labute approximate surface area is 122 Å². The zero-order chi connectivity index (χ0) is 14.4. The summed E-state index contributed by atoms with van der Waals surface area (Å²) in [6, 6.07) is 6.80. The van der Waals surface area contributed by atoms with E-state index >= 15 is 0 Å². The van der Waals surface area contributed by atoms with Gasteiger partial charge in [-0.2, -0.15) is 0 Å². The van der Waals surface area contributed by atoms with Crippen LogP contribution in [0.1, 0.15) is 19.3 Å². The van der Waals surface area contributed by atoms with Crippen LogP contribution in [-0.2, 0) is 14.3 Å². The first-order chi connectivity index (χ1) is 9.65. The van der Waals surface area contributed by atoms with Crippen molar-refractivity contribution in [2.24, 2.45) is 5.92 Å². The lowest BCUT2D eigenvalue weighted by Gasteiger charge is -2.16. The average Bonchev–Trinajstić information content (AvgIpc) is 2.46. The number of hydrogen-bond donors (Lipinski definition) is 1. The molecule has 1 N–H and O–H groups in total. The molecule has 1 amide bonds. The minimum absolute atomic E-state index is 0.126. The molecule has 0 saturated heterocycles. The lowest BCUT2D eigenvalue weighted by molar-refractivity contribution is -0.151. The predicted octanol–water partition coefficient (Wildman–Crippen LogP) is 3.18. The normalized spacial score (nSPS) is 17.6. The molecule has 1 aromatic rings. The molecule has 4 nitrogen and oxygen atoms in total. The maximum Gasteiger partial charge on any atom is 0.309 e. The first kappa shape index (κ1) is 14.6. The summed E-state index contributed by atoms with van der Waals surface area (Å²) in [5, 5.41) is 3.16. The average molecular weight is 294 g/mol. The molecule has 0 saturated carbocycles. The Bertz CT molecular complexity index is 528. The summed E-state index contributed by atoms with van der Waals surface area (Å²) in [4.78, 5) is 23.4. The third-order valence-electron chi connectivity index (χ3n) is 3.06. The van der Waals surface area contributed by atoms with Gasteiger partial charge in [-0.05, 0) is 37.5 Å². The molecule has 20 heavy (non-hydrogen) atoms. The number of halogens is 1. The van der Waals surface area contributed by atoms with Crippen LogP contribution in [0.25, 0.3) is 0 Å². The Hall–Kier alpha value is -1.81. The van der Waals surface area contributed by atoms with Crippen molar-refractivity contribution in [1.82, 2.24) is 0 Å². The fraction of sp³-hybridized carbons (Fsp3) is 0.333. The number of nitrogens with one attached hydrogen (secondary N) is 1.